The highest BCUT2D eigenvalue weighted by Crippen LogP contribution is 2.20. The number of fused-ring (bicyclic) bond motifs is 1. The number of rotatable bonds is 11. The van der Waals surface area contributed by atoms with Crippen LogP contribution >= 0.6 is 12.4 Å². The number of likely N-dealkylation sites (tertiary alicyclic amines) is 1. The third kappa shape index (κ3) is 8.78. The normalized spacial score (nSPS) is 16.9. The summed E-state index contributed by atoms with van der Waals surface area (Å²) >= 11 is 0. The van der Waals surface area contributed by atoms with Gasteiger partial charge in [0.2, 0.25) is 21.8 Å². The van der Waals surface area contributed by atoms with Gasteiger partial charge in [-0.15, -0.1) is 12.4 Å². The Morgan fingerprint density at radius 3 is 2.46 bits per heavy atom. The summed E-state index contributed by atoms with van der Waals surface area (Å²) in [5, 5.41) is 32.2. The van der Waals surface area contributed by atoms with Crippen LogP contribution in [0.25, 0.3) is 10.8 Å². The number of amides is 2. The number of benzene rings is 2. The lowest BCUT2D eigenvalue weighted by molar-refractivity contribution is -0.143. The van der Waals surface area contributed by atoms with Gasteiger partial charge in [-0.1, -0.05) is 30.3 Å². The van der Waals surface area contributed by atoms with Crippen LogP contribution in [0.4, 0.5) is 0 Å². The number of halogens is 1. The van der Waals surface area contributed by atoms with Crippen LogP contribution in [0.3, 0.4) is 0 Å². The minimum atomic E-state index is -4.30. The van der Waals surface area contributed by atoms with E-state index in [-0.39, 0.29) is 35.7 Å². The lowest BCUT2D eigenvalue weighted by Crippen LogP contribution is -2.54. The number of piperidine rings is 1. The Kier molecular flexibility index (Phi) is 11.5. The summed E-state index contributed by atoms with van der Waals surface area (Å²) in [6, 6.07) is 8.13. The van der Waals surface area contributed by atoms with Crippen molar-refractivity contribution in [3.05, 3.63) is 42.5 Å². The predicted molar refractivity (Wildman–Crippen MR) is 146 cm³/mol. The monoisotopic (exact) mass is 584 g/mol. The van der Waals surface area contributed by atoms with Crippen molar-refractivity contribution in [3.63, 3.8) is 0 Å². The number of sulfonamides is 1. The fourth-order valence-electron chi connectivity index (χ4n) is 4.20. The van der Waals surface area contributed by atoms with Crippen molar-refractivity contribution in [1.29, 1.82) is 5.41 Å². The van der Waals surface area contributed by atoms with Crippen molar-refractivity contribution in [2.24, 2.45) is 11.7 Å². The van der Waals surface area contributed by atoms with Crippen LogP contribution in [0.5, 0.6) is 0 Å². The van der Waals surface area contributed by atoms with Crippen LogP contribution in [0.2, 0.25) is 0 Å². The molecule has 3 rings (SSSR count). The summed E-state index contributed by atoms with van der Waals surface area (Å²) in [4.78, 5) is 38.4. The molecule has 1 aliphatic heterocycles. The number of aliphatic hydroxyl groups is 1. The maximum atomic E-state index is 13.1. The number of guanidine groups is 1. The van der Waals surface area contributed by atoms with E-state index in [2.05, 4.69) is 15.4 Å². The average Bonchev–Trinajstić information content (AvgIpc) is 2.89. The number of nitrogens with one attached hydrogen (secondary N) is 4. The number of carbonyl (C=O) groups is 3. The van der Waals surface area contributed by atoms with Gasteiger partial charge >= 0.3 is 5.97 Å². The molecule has 1 heterocycles. The van der Waals surface area contributed by atoms with Crippen LogP contribution in [-0.2, 0) is 24.4 Å². The van der Waals surface area contributed by atoms with Gasteiger partial charge in [0.1, 0.15) is 12.1 Å². The van der Waals surface area contributed by atoms with Crippen LogP contribution in [0, 0.1) is 11.3 Å². The molecule has 2 amide bonds. The molecule has 214 valence electrons. The van der Waals surface area contributed by atoms with Gasteiger partial charge < -0.3 is 31.5 Å². The third-order valence-electron chi connectivity index (χ3n) is 6.28. The molecule has 0 spiro atoms. The van der Waals surface area contributed by atoms with E-state index in [0.717, 1.165) is 18.2 Å². The molecule has 0 aromatic heterocycles. The first-order valence-corrected chi connectivity index (χ1v) is 13.5. The fraction of sp³-hybridized carbons (Fsp3) is 0.417. The lowest BCUT2D eigenvalue weighted by Gasteiger charge is -2.33. The van der Waals surface area contributed by atoms with E-state index in [1.165, 1.54) is 12.1 Å². The molecule has 15 heteroatoms. The summed E-state index contributed by atoms with van der Waals surface area (Å²) in [7, 11) is -4.30. The zero-order valence-corrected chi connectivity index (χ0v) is 22.6. The van der Waals surface area contributed by atoms with E-state index in [1.807, 2.05) is 6.07 Å². The predicted octanol–water partition coefficient (Wildman–Crippen LogP) is -0.418. The second-order valence-corrected chi connectivity index (χ2v) is 10.8. The molecule has 8 N–H and O–H groups in total. The Labute approximate surface area is 232 Å². The highest BCUT2D eigenvalue weighted by atomic mass is 35.5. The van der Waals surface area contributed by atoms with Crippen LogP contribution in [0.15, 0.2) is 47.4 Å². The molecule has 2 aromatic carbocycles. The van der Waals surface area contributed by atoms with E-state index in [1.54, 1.807) is 29.2 Å². The molecule has 0 radical (unpaired) electrons. The number of aliphatic hydroxyl groups excluding tert-OH is 1. The molecule has 0 bridgehead atoms. The zero-order chi connectivity index (χ0) is 27.9. The Bertz CT molecular complexity index is 1310. The molecule has 13 nitrogen and oxygen atoms in total. The summed E-state index contributed by atoms with van der Waals surface area (Å²) in [5.41, 5.74) is 5.55. The van der Waals surface area contributed by atoms with Crippen molar-refractivity contribution < 1.29 is 33.0 Å². The summed E-state index contributed by atoms with van der Waals surface area (Å²) in [6.07, 6.45) is 0.966. The molecule has 2 aromatic rings. The first-order valence-electron chi connectivity index (χ1n) is 12.0. The number of aliphatic carboxylic acids is 1. The second-order valence-electron chi connectivity index (χ2n) is 9.11. The lowest BCUT2D eigenvalue weighted by atomic mass is 9.98. The highest BCUT2D eigenvalue weighted by Gasteiger charge is 2.31. The largest absolute Gasteiger partial charge is 0.480 e. The van der Waals surface area contributed by atoms with Gasteiger partial charge in [0.25, 0.3) is 0 Å². The molecule has 0 saturated carbocycles. The van der Waals surface area contributed by atoms with Gasteiger partial charge in [-0.2, -0.15) is 4.72 Å². The minimum absolute atomic E-state index is 0. The molecule has 0 unspecified atom stereocenters. The van der Waals surface area contributed by atoms with Crippen LogP contribution < -0.4 is 21.1 Å². The Balaban J connectivity index is 0.00000533. The smallest absolute Gasteiger partial charge is 0.328 e. The number of nitrogens with two attached hydrogens (primary N) is 1. The quantitative estimate of drug-likeness (QED) is 0.135. The van der Waals surface area contributed by atoms with Crippen molar-refractivity contribution in [2.45, 2.75) is 36.2 Å². The topological polar surface area (TPSA) is 215 Å². The Morgan fingerprint density at radius 2 is 1.82 bits per heavy atom. The van der Waals surface area contributed by atoms with E-state index < -0.39 is 52.9 Å². The van der Waals surface area contributed by atoms with E-state index in [4.69, 9.17) is 16.2 Å². The molecular formula is C24H33ClN6O7S. The van der Waals surface area contributed by atoms with Gasteiger partial charge in [-0.25, -0.2) is 13.2 Å². The zero-order valence-electron chi connectivity index (χ0n) is 21.0. The maximum absolute atomic E-state index is 13.1. The summed E-state index contributed by atoms with van der Waals surface area (Å²) in [5.74, 6) is -3.29. The number of nitrogens with zero attached hydrogens (tertiary/aromatic N) is 1. The Morgan fingerprint density at radius 1 is 1.13 bits per heavy atom. The van der Waals surface area contributed by atoms with Gasteiger partial charge in [0.15, 0.2) is 5.96 Å². The first kappa shape index (κ1) is 31.8. The highest BCUT2D eigenvalue weighted by molar-refractivity contribution is 7.89. The SMILES string of the molecule is Cl.N=C(N)N1CCC[C@@H](CNC(=O)C[C@H](NS(=O)(=O)c2ccc3ccccc3c2)C(=O)N[C@@H](CO)C(=O)O)C1. The van der Waals surface area contributed by atoms with Crippen molar-refractivity contribution in [2.75, 3.05) is 26.2 Å². The molecule has 1 fully saturated rings. The van der Waals surface area contributed by atoms with Crippen LogP contribution in [0.1, 0.15) is 19.3 Å². The molecule has 0 aliphatic carbocycles. The number of carbonyl (C=O) groups excluding carboxylic acids is 2. The van der Waals surface area contributed by atoms with Gasteiger partial charge in [-0.3, -0.25) is 15.0 Å². The van der Waals surface area contributed by atoms with Gasteiger partial charge in [0, 0.05) is 19.6 Å². The molecule has 39 heavy (non-hydrogen) atoms. The summed E-state index contributed by atoms with van der Waals surface area (Å²) in [6.45, 7) is 0.424. The van der Waals surface area contributed by atoms with Gasteiger partial charge in [-0.05, 0) is 41.7 Å². The minimum Gasteiger partial charge on any atom is -0.480 e. The maximum Gasteiger partial charge on any atom is 0.328 e. The average molecular weight is 585 g/mol. The number of hydrogen-bond acceptors (Lipinski definition) is 7. The molecule has 1 aliphatic rings. The van der Waals surface area contributed by atoms with Gasteiger partial charge in [0.05, 0.1) is 17.9 Å². The van der Waals surface area contributed by atoms with E-state index in [0.29, 0.717) is 18.5 Å². The molecular weight excluding hydrogens is 552 g/mol. The van der Waals surface area contributed by atoms with Crippen LogP contribution in [-0.4, -0.2) is 85.6 Å². The fourth-order valence-corrected chi connectivity index (χ4v) is 5.43. The second kappa shape index (κ2) is 14.1. The first-order chi connectivity index (χ1) is 18.0. The van der Waals surface area contributed by atoms with E-state index >= 15 is 0 Å². The standard InChI is InChI=1S/C24H32N6O7S.ClH/c25-24(26)30-9-3-4-15(13-30)12-27-21(32)11-19(22(33)28-20(14-31)23(34)35)29-38(36,37)18-8-7-16-5-1-2-6-17(16)10-18;/h1-2,5-8,10,15,19-20,29,31H,3-4,9,11-14H2,(H3,25,26)(H,27,32)(H,28,33)(H,34,35);1H/t15-,19-,20-;/m0./s1. The summed E-state index contributed by atoms with van der Waals surface area (Å²) < 4.78 is 28.5. The van der Waals surface area contributed by atoms with Crippen molar-refractivity contribution in [1.82, 2.24) is 20.3 Å². The third-order valence-corrected chi connectivity index (χ3v) is 7.75. The number of hydrogen-bond donors (Lipinski definition) is 7. The van der Waals surface area contributed by atoms with Crippen molar-refractivity contribution in [3.8, 4) is 0 Å². The number of carboxylic acid groups (broad SMARTS) is 1. The van der Waals surface area contributed by atoms with Crippen molar-refractivity contribution >= 4 is 56.9 Å². The molecule has 3 atom stereocenters. The molecule has 1 saturated heterocycles. The Hall–Kier alpha value is -3.46. The van der Waals surface area contributed by atoms with E-state index in [9.17, 15) is 27.9 Å². The number of carboxylic acids is 1.